The van der Waals surface area contributed by atoms with Crippen molar-refractivity contribution >= 4 is 19.3 Å². The van der Waals surface area contributed by atoms with Crippen LogP contribution in [0, 0.1) is 13.8 Å². The fourth-order valence-electron chi connectivity index (χ4n) is 2.62. The second-order valence-corrected chi connectivity index (χ2v) is 8.57. The lowest BCUT2D eigenvalue weighted by molar-refractivity contribution is 0.0991. The third-order valence-corrected chi connectivity index (χ3v) is 5.48. The Morgan fingerprint density at radius 2 is 1.70 bits per heavy atom. The minimum atomic E-state index is -3.84. The molecule has 0 spiro atoms. The minimum absolute atomic E-state index is 0.0595. The van der Waals surface area contributed by atoms with E-state index in [9.17, 15) is 17.2 Å². The molecule has 0 saturated carbocycles. The lowest BCUT2D eigenvalue weighted by Crippen LogP contribution is -2.12. The molecule has 142 valence electrons. The minimum Gasteiger partial charge on any atom is -0.299 e. The molecule has 1 atom stereocenters. The molecule has 3 aromatic rings. The van der Waals surface area contributed by atoms with Crippen LogP contribution in [0.1, 0.15) is 16.8 Å². The normalized spacial score (nSPS) is 12.4. The van der Waals surface area contributed by atoms with Gasteiger partial charge in [0.2, 0.25) is 10.0 Å². The van der Waals surface area contributed by atoms with Crippen LogP contribution < -0.4 is 5.14 Å². The molecule has 0 amide bonds. The van der Waals surface area contributed by atoms with Gasteiger partial charge in [0.1, 0.15) is 11.5 Å². The maximum absolute atomic E-state index is 13.8. The van der Waals surface area contributed by atoms with Crippen LogP contribution in [0.15, 0.2) is 53.6 Å². The number of hydrogen-bond acceptors (Lipinski definition) is 3. The van der Waals surface area contributed by atoms with E-state index < -0.39 is 21.4 Å². The summed E-state index contributed by atoms with van der Waals surface area (Å²) in [7, 11) is -2.37. The van der Waals surface area contributed by atoms with E-state index in [1.165, 1.54) is 44.3 Å². The fourth-order valence-corrected chi connectivity index (χ4v) is 3.27. The van der Waals surface area contributed by atoms with Gasteiger partial charge in [-0.1, -0.05) is 21.4 Å². The summed E-state index contributed by atoms with van der Waals surface area (Å²) in [5.74, 6) is 0.332. The first-order valence-electron chi connectivity index (χ1n) is 7.94. The van der Waals surface area contributed by atoms with Crippen LogP contribution in [-0.2, 0) is 15.7 Å². The molecule has 1 heterocycles. The van der Waals surface area contributed by atoms with Crippen molar-refractivity contribution in [3.05, 3.63) is 65.5 Å². The highest BCUT2D eigenvalue weighted by Crippen LogP contribution is 2.36. The van der Waals surface area contributed by atoms with Crippen LogP contribution in [0.5, 0.6) is 0 Å². The molecular formula is C18H18F2N3O2PS. The average Bonchev–Trinajstić information content (AvgIpc) is 3.02. The molecule has 9 heteroatoms. The quantitative estimate of drug-likeness (QED) is 0.667. The Balaban J connectivity index is 2.19. The van der Waals surface area contributed by atoms with Gasteiger partial charge in [0, 0.05) is 17.4 Å². The van der Waals surface area contributed by atoms with Crippen molar-refractivity contribution < 1.29 is 17.2 Å². The summed E-state index contributed by atoms with van der Waals surface area (Å²) in [6.07, 6.45) is 1.24. The number of hydrogen-bond donors (Lipinski definition) is 1. The smallest absolute Gasteiger partial charge is 0.299 e. The number of aryl methyl sites for hydroxylation is 2. The zero-order valence-electron chi connectivity index (χ0n) is 14.6. The summed E-state index contributed by atoms with van der Waals surface area (Å²) in [5.41, 5.74) is -0.355. The van der Waals surface area contributed by atoms with Crippen LogP contribution in [0.25, 0.3) is 17.1 Å². The lowest BCUT2D eigenvalue weighted by Gasteiger charge is -2.10. The topological polar surface area (TPSA) is 78.0 Å². The molecule has 1 unspecified atom stereocenters. The molecule has 0 aliphatic rings. The molecule has 5 nitrogen and oxygen atoms in total. The van der Waals surface area contributed by atoms with Crippen LogP contribution in [0.4, 0.5) is 8.78 Å². The number of aromatic nitrogens is 2. The van der Waals surface area contributed by atoms with Gasteiger partial charge in [-0.2, -0.15) is 8.78 Å². The van der Waals surface area contributed by atoms with Crippen LogP contribution >= 0.6 is 9.24 Å². The summed E-state index contributed by atoms with van der Waals surface area (Å²) in [5, 5.41) is 5.11. The van der Waals surface area contributed by atoms with Gasteiger partial charge in [-0.3, -0.25) is 4.57 Å². The maximum Gasteiger partial charge on any atom is 0.301 e. The summed E-state index contributed by atoms with van der Waals surface area (Å²) in [4.78, 5) is 4.06. The third kappa shape index (κ3) is 4.08. The number of primary sulfonamides is 1. The van der Waals surface area contributed by atoms with Crippen LogP contribution in [0.3, 0.4) is 0 Å². The molecule has 0 aliphatic heterocycles. The number of nitrogens with zero attached hydrogens (tertiary/aromatic N) is 2. The lowest BCUT2D eigenvalue weighted by atomic mass is 10.1. The first kappa shape index (κ1) is 19.6. The van der Waals surface area contributed by atoms with E-state index >= 15 is 0 Å². The van der Waals surface area contributed by atoms with E-state index in [2.05, 4.69) is 4.98 Å². The zero-order chi connectivity index (χ0) is 20.0. The first-order valence-corrected chi connectivity index (χ1v) is 10.1. The van der Waals surface area contributed by atoms with Crippen LogP contribution in [0.2, 0.25) is 0 Å². The van der Waals surface area contributed by atoms with Crippen molar-refractivity contribution in [3.63, 3.8) is 0 Å². The number of rotatable bonds is 4. The second kappa shape index (κ2) is 6.78. The number of imidazole rings is 1. The van der Waals surface area contributed by atoms with Gasteiger partial charge in [0.05, 0.1) is 4.90 Å². The molecule has 1 aromatic heterocycles. The van der Waals surface area contributed by atoms with E-state index in [0.717, 1.165) is 11.1 Å². The third-order valence-electron chi connectivity index (χ3n) is 4.26. The predicted molar refractivity (Wildman–Crippen MR) is 103 cm³/mol. The highest BCUT2D eigenvalue weighted by molar-refractivity contribution is 7.89. The molecule has 2 N–H and O–H groups in total. The number of sulfonamides is 1. The van der Waals surface area contributed by atoms with Crippen molar-refractivity contribution in [2.45, 2.75) is 24.4 Å². The van der Waals surface area contributed by atoms with Gasteiger partial charge in [0.15, 0.2) is 0 Å². The molecule has 0 bridgehead atoms. The summed E-state index contributed by atoms with van der Waals surface area (Å²) < 4.78 is 52.0. The van der Waals surface area contributed by atoms with Crippen molar-refractivity contribution in [2.75, 3.05) is 0 Å². The van der Waals surface area contributed by atoms with E-state index in [1.54, 1.807) is 0 Å². The summed E-state index contributed by atoms with van der Waals surface area (Å²) in [6, 6.07) is 11.2. The standard InChI is InChI=1S/C18H18F2N3O2PS/c1-11-3-4-13(9-12(11)2)17-22-16(18(19,20)26)10-23(17)14-5-7-15(8-6-14)27(21,24)25/h3-10H,26H2,1-2H3,(H2,21,24,25). The van der Waals surface area contributed by atoms with Crippen LogP contribution in [-0.4, -0.2) is 18.0 Å². The molecular weight excluding hydrogens is 391 g/mol. The molecule has 3 rings (SSSR count). The summed E-state index contributed by atoms with van der Waals surface area (Å²) in [6.45, 7) is 3.89. The van der Waals surface area contributed by atoms with Gasteiger partial charge in [-0.15, -0.1) is 0 Å². The number of benzene rings is 2. The largest absolute Gasteiger partial charge is 0.301 e. The van der Waals surface area contributed by atoms with Crippen molar-refractivity contribution in [1.29, 1.82) is 0 Å². The van der Waals surface area contributed by atoms with E-state index in [-0.39, 0.29) is 4.90 Å². The molecule has 27 heavy (non-hydrogen) atoms. The Morgan fingerprint density at radius 3 is 2.22 bits per heavy atom. The fraction of sp³-hybridized carbons (Fsp3) is 0.167. The van der Waals surface area contributed by atoms with Gasteiger partial charge in [-0.05, 0) is 55.3 Å². The van der Waals surface area contributed by atoms with Crippen molar-refractivity contribution in [3.8, 4) is 17.1 Å². The van der Waals surface area contributed by atoms with Gasteiger partial charge in [0.25, 0.3) is 0 Å². The van der Waals surface area contributed by atoms with E-state index in [0.29, 0.717) is 17.1 Å². The predicted octanol–water partition coefficient (Wildman–Crippen LogP) is 3.73. The SMILES string of the molecule is Cc1ccc(-c2nc(C(F)(F)P)cn2-c2ccc(S(N)(=O)=O)cc2)cc1C. The Labute approximate surface area is 158 Å². The van der Waals surface area contributed by atoms with E-state index in [1.807, 2.05) is 32.0 Å². The van der Waals surface area contributed by atoms with Crippen molar-refractivity contribution in [2.24, 2.45) is 5.14 Å². The highest BCUT2D eigenvalue weighted by Gasteiger charge is 2.30. The first-order chi connectivity index (χ1) is 12.5. The van der Waals surface area contributed by atoms with E-state index in [4.69, 9.17) is 5.14 Å². The summed E-state index contributed by atoms with van der Waals surface area (Å²) >= 11 is 0. The monoisotopic (exact) mass is 409 g/mol. The van der Waals surface area contributed by atoms with Crippen molar-refractivity contribution in [1.82, 2.24) is 9.55 Å². The average molecular weight is 409 g/mol. The maximum atomic E-state index is 13.8. The Kier molecular flexibility index (Phi) is 4.93. The molecule has 0 radical (unpaired) electrons. The van der Waals surface area contributed by atoms with Gasteiger partial charge >= 0.3 is 5.66 Å². The number of nitrogens with two attached hydrogens (primary N) is 1. The Bertz CT molecular complexity index is 1100. The number of halogens is 2. The zero-order valence-corrected chi connectivity index (χ0v) is 16.6. The van der Waals surface area contributed by atoms with Gasteiger partial charge < -0.3 is 0 Å². The molecule has 0 aliphatic carbocycles. The Hall–Kier alpha value is -2.15. The molecule has 0 fully saturated rings. The molecule has 2 aromatic carbocycles. The highest BCUT2D eigenvalue weighted by atomic mass is 32.2. The number of alkyl halides is 2. The Morgan fingerprint density at radius 1 is 1.07 bits per heavy atom. The van der Waals surface area contributed by atoms with Gasteiger partial charge in [-0.25, -0.2) is 18.5 Å². The molecule has 0 saturated heterocycles. The second-order valence-electron chi connectivity index (χ2n) is 6.28.